The molecule has 2 aromatic rings. The van der Waals surface area contributed by atoms with Crippen LogP contribution in [0.2, 0.25) is 0 Å². The van der Waals surface area contributed by atoms with Crippen LogP contribution >= 0.6 is 11.3 Å². The summed E-state index contributed by atoms with van der Waals surface area (Å²) in [6, 6.07) is 7.66. The lowest BCUT2D eigenvalue weighted by atomic mass is 10.1. The smallest absolute Gasteiger partial charge is 0.271 e. The summed E-state index contributed by atoms with van der Waals surface area (Å²) < 4.78 is 0. The van der Waals surface area contributed by atoms with Crippen molar-refractivity contribution in [3.05, 3.63) is 51.5 Å². The van der Waals surface area contributed by atoms with Gasteiger partial charge in [-0.1, -0.05) is 24.0 Å². The number of amides is 1. The van der Waals surface area contributed by atoms with Crippen LogP contribution in [0.4, 0.5) is 0 Å². The molecule has 2 rings (SSSR count). The monoisotopic (exact) mass is 300 g/mol. The number of nitrogens with one attached hydrogen (secondary N) is 1. The third-order valence-corrected chi connectivity index (χ3v) is 3.50. The second-order valence-corrected chi connectivity index (χ2v) is 5.47. The van der Waals surface area contributed by atoms with Gasteiger partial charge in [0.1, 0.15) is 5.69 Å². The average molecular weight is 300 g/mol. The molecule has 5 heteroatoms. The maximum absolute atomic E-state index is 11.9. The van der Waals surface area contributed by atoms with Crippen LogP contribution in [0, 0.1) is 18.8 Å². The maximum Gasteiger partial charge on any atom is 0.271 e. The predicted octanol–water partition coefficient (Wildman–Crippen LogP) is 2.12. The van der Waals surface area contributed by atoms with Gasteiger partial charge in [0.15, 0.2) is 0 Å². The van der Waals surface area contributed by atoms with Crippen LogP contribution in [0.25, 0.3) is 0 Å². The fourth-order valence-corrected chi connectivity index (χ4v) is 2.26. The molecule has 0 aliphatic rings. The zero-order valence-corrected chi connectivity index (χ0v) is 12.5. The highest BCUT2D eigenvalue weighted by Gasteiger charge is 2.08. The van der Waals surface area contributed by atoms with Crippen molar-refractivity contribution in [2.24, 2.45) is 0 Å². The Morgan fingerprint density at radius 2 is 2.14 bits per heavy atom. The van der Waals surface area contributed by atoms with Crippen molar-refractivity contribution in [2.45, 2.75) is 19.9 Å². The number of rotatable bonds is 4. The molecule has 0 saturated heterocycles. The van der Waals surface area contributed by atoms with Crippen LogP contribution in [0.3, 0.4) is 0 Å². The Hall–Kier alpha value is -2.16. The molecule has 0 aliphatic heterocycles. The average Bonchev–Trinajstić information content (AvgIpc) is 2.93. The Bertz CT molecular complexity index is 666. The molecule has 0 spiro atoms. The van der Waals surface area contributed by atoms with Gasteiger partial charge in [-0.25, -0.2) is 4.98 Å². The van der Waals surface area contributed by atoms with Crippen LogP contribution in [0.5, 0.6) is 0 Å². The summed E-state index contributed by atoms with van der Waals surface area (Å²) in [5.74, 6) is 5.67. The number of thiazole rings is 1. The van der Waals surface area contributed by atoms with Gasteiger partial charge in [-0.05, 0) is 24.6 Å². The predicted molar refractivity (Wildman–Crippen MR) is 83.0 cm³/mol. The quantitative estimate of drug-likeness (QED) is 0.850. The molecule has 21 heavy (non-hydrogen) atoms. The van der Waals surface area contributed by atoms with Crippen LogP contribution in [-0.4, -0.2) is 22.6 Å². The van der Waals surface area contributed by atoms with Crippen molar-refractivity contribution in [3.63, 3.8) is 0 Å². The van der Waals surface area contributed by atoms with Gasteiger partial charge < -0.3 is 10.4 Å². The Morgan fingerprint density at radius 3 is 2.76 bits per heavy atom. The zero-order valence-electron chi connectivity index (χ0n) is 11.7. The fraction of sp³-hybridized carbons (Fsp3) is 0.250. The van der Waals surface area contributed by atoms with Crippen molar-refractivity contribution in [2.75, 3.05) is 6.61 Å². The minimum atomic E-state index is -0.161. The Morgan fingerprint density at radius 1 is 1.38 bits per heavy atom. The number of benzene rings is 1. The Kier molecular flexibility index (Phi) is 5.50. The molecule has 2 N–H and O–H groups in total. The number of nitrogens with zero attached hydrogens (tertiary/aromatic N) is 1. The molecule has 1 heterocycles. The number of hydrogen-bond donors (Lipinski definition) is 2. The maximum atomic E-state index is 11.9. The van der Waals surface area contributed by atoms with E-state index in [1.54, 1.807) is 5.38 Å². The third kappa shape index (κ3) is 4.71. The van der Waals surface area contributed by atoms with Crippen molar-refractivity contribution in [1.29, 1.82) is 0 Å². The summed E-state index contributed by atoms with van der Waals surface area (Å²) in [6.07, 6.45) is 0.477. The van der Waals surface area contributed by atoms with E-state index in [1.165, 1.54) is 11.3 Å². The van der Waals surface area contributed by atoms with Crippen molar-refractivity contribution < 1.29 is 9.90 Å². The number of aromatic nitrogens is 1. The van der Waals surface area contributed by atoms with Crippen molar-refractivity contribution in [3.8, 4) is 11.8 Å². The summed E-state index contributed by atoms with van der Waals surface area (Å²) in [4.78, 5) is 16.0. The van der Waals surface area contributed by atoms with E-state index in [4.69, 9.17) is 5.11 Å². The minimum Gasteiger partial charge on any atom is -0.395 e. The van der Waals surface area contributed by atoms with E-state index in [2.05, 4.69) is 22.1 Å². The van der Waals surface area contributed by atoms with Gasteiger partial charge in [0, 0.05) is 23.9 Å². The molecule has 4 nitrogen and oxygen atoms in total. The van der Waals surface area contributed by atoms with Gasteiger partial charge >= 0.3 is 0 Å². The molecule has 0 fully saturated rings. The molecule has 1 aromatic carbocycles. The summed E-state index contributed by atoms with van der Waals surface area (Å²) in [6.45, 7) is 2.41. The summed E-state index contributed by atoms with van der Waals surface area (Å²) in [5, 5.41) is 14.1. The number of aliphatic hydroxyl groups is 1. The largest absolute Gasteiger partial charge is 0.395 e. The lowest BCUT2D eigenvalue weighted by Gasteiger charge is -2.03. The van der Waals surface area contributed by atoms with Crippen molar-refractivity contribution in [1.82, 2.24) is 10.3 Å². The SMILES string of the molecule is Cc1nc(C(=O)NCc2ccc(C#CCCO)cc2)cs1. The standard InChI is InChI=1S/C16H16N2O2S/c1-12-18-15(11-21-12)16(20)17-10-14-7-5-13(6-8-14)4-2-3-9-19/h5-8,11,19H,3,9-10H2,1H3,(H,17,20). The van der Waals surface area contributed by atoms with Gasteiger partial charge in [-0.2, -0.15) is 0 Å². The molecule has 0 atom stereocenters. The normalized spacial score (nSPS) is 9.81. The van der Waals surface area contributed by atoms with E-state index in [0.717, 1.165) is 16.1 Å². The lowest BCUT2D eigenvalue weighted by molar-refractivity contribution is 0.0946. The van der Waals surface area contributed by atoms with E-state index in [9.17, 15) is 4.79 Å². The number of aliphatic hydroxyl groups excluding tert-OH is 1. The minimum absolute atomic E-state index is 0.0766. The lowest BCUT2D eigenvalue weighted by Crippen LogP contribution is -2.23. The third-order valence-electron chi connectivity index (χ3n) is 2.73. The fourth-order valence-electron chi connectivity index (χ4n) is 1.67. The molecular formula is C16H16N2O2S. The molecule has 1 aromatic heterocycles. The first-order valence-electron chi connectivity index (χ1n) is 6.58. The highest BCUT2D eigenvalue weighted by Crippen LogP contribution is 2.08. The zero-order chi connectivity index (χ0) is 15.1. The molecule has 108 valence electrons. The first-order valence-corrected chi connectivity index (χ1v) is 7.46. The second-order valence-electron chi connectivity index (χ2n) is 4.41. The van der Waals surface area contributed by atoms with E-state index >= 15 is 0 Å². The molecule has 0 radical (unpaired) electrons. The summed E-state index contributed by atoms with van der Waals surface area (Å²) in [5.41, 5.74) is 2.36. The summed E-state index contributed by atoms with van der Waals surface area (Å²) in [7, 11) is 0. The molecular weight excluding hydrogens is 284 g/mol. The number of carbonyl (C=O) groups excluding carboxylic acids is 1. The van der Waals surface area contributed by atoms with Crippen LogP contribution in [0.15, 0.2) is 29.6 Å². The Balaban J connectivity index is 1.89. The number of aryl methyl sites for hydroxylation is 1. The molecule has 1 amide bonds. The molecule has 0 saturated carbocycles. The highest BCUT2D eigenvalue weighted by molar-refractivity contribution is 7.09. The first-order chi connectivity index (χ1) is 10.2. The van der Waals surface area contributed by atoms with Gasteiger partial charge in [-0.3, -0.25) is 4.79 Å². The van der Waals surface area contributed by atoms with Crippen molar-refractivity contribution >= 4 is 17.2 Å². The Labute approximate surface area is 127 Å². The van der Waals surface area contributed by atoms with Gasteiger partial charge in [0.2, 0.25) is 0 Å². The van der Waals surface area contributed by atoms with E-state index in [1.807, 2.05) is 31.2 Å². The van der Waals surface area contributed by atoms with Crippen LogP contribution in [0.1, 0.15) is 33.0 Å². The molecule has 0 aliphatic carbocycles. The van der Waals surface area contributed by atoms with Gasteiger partial charge in [0.05, 0.1) is 11.6 Å². The number of hydrogen-bond acceptors (Lipinski definition) is 4. The highest BCUT2D eigenvalue weighted by atomic mass is 32.1. The van der Waals surface area contributed by atoms with E-state index in [0.29, 0.717) is 18.7 Å². The van der Waals surface area contributed by atoms with Gasteiger partial charge in [-0.15, -0.1) is 11.3 Å². The van der Waals surface area contributed by atoms with Crippen LogP contribution in [-0.2, 0) is 6.54 Å². The summed E-state index contributed by atoms with van der Waals surface area (Å²) >= 11 is 1.46. The molecule has 0 bridgehead atoms. The van der Waals surface area contributed by atoms with E-state index < -0.39 is 0 Å². The second kappa shape index (κ2) is 7.58. The molecule has 0 unspecified atom stereocenters. The first kappa shape index (κ1) is 15.2. The van der Waals surface area contributed by atoms with Gasteiger partial charge in [0.25, 0.3) is 5.91 Å². The number of carbonyl (C=O) groups is 1. The van der Waals surface area contributed by atoms with E-state index in [-0.39, 0.29) is 12.5 Å². The topological polar surface area (TPSA) is 62.2 Å². The van der Waals surface area contributed by atoms with Crippen LogP contribution < -0.4 is 5.32 Å².